The van der Waals surface area contributed by atoms with Crippen molar-refractivity contribution in [3.05, 3.63) is 48.4 Å². The van der Waals surface area contributed by atoms with Crippen molar-refractivity contribution in [1.29, 1.82) is 0 Å². The zero-order valence-corrected chi connectivity index (χ0v) is 14.0. The van der Waals surface area contributed by atoms with Crippen LogP contribution in [0.3, 0.4) is 0 Å². The van der Waals surface area contributed by atoms with Crippen LogP contribution in [0.5, 0.6) is 0 Å². The molecule has 1 aromatic carbocycles. The Morgan fingerprint density at radius 1 is 1.00 bits per heavy atom. The lowest BCUT2D eigenvalue weighted by Crippen LogP contribution is -2.47. The number of nitrogens with zero attached hydrogens (tertiary/aromatic N) is 6. The van der Waals surface area contributed by atoms with Gasteiger partial charge in [0.1, 0.15) is 12.1 Å². The van der Waals surface area contributed by atoms with Gasteiger partial charge in [-0.2, -0.15) is 5.10 Å². The normalized spacial score (nSPS) is 16.0. The minimum Gasteiger partial charge on any atom is -0.353 e. The summed E-state index contributed by atoms with van der Waals surface area (Å²) in [7, 11) is 1.92. The summed E-state index contributed by atoms with van der Waals surface area (Å²) >= 11 is 0. The summed E-state index contributed by atoms with van der Waals surface area (Å²) in [5.74, 6) is 1.01. The van der Waals surface area contributed by atoms with E-state index in [1.54, 1.807) is 11.0 Å². The highest BCUT2D eigenvalue weighted by atomic mass is 15.3. The number of fused-ring (bicyclic) bond motifs is 1. The summed E-state index contributed by atoms with van der Waals surface area (Å²) in [5.41, 5.74) is 2.30. The monoisotopic (exact) mass is 322 g/mol. The van der Waals surface area contributed by atoms with Crippen LogP contribution in [-0.2, 0) is 13.5 Å². The minimum absolute atomic E-state index is 0.895. The van der Waals surface area contributed by atoms with Crippen LogP contribution < -0.4 is 4.90 Å². The summed E-state index contributed by atoms with van der Waals surface area (Å²) in [5, 5.41) is 5.35. The van der Waals surface area contributed by atoms with Crippen molar-refractivity contribution in [2.24, 2.45) is 7.05 Å². The van der Waals surface area contributed by atoms with Gasteiger partial charge < -0.3 is 4.90 Å². The van der Waals surface area contributed by atoms with Crippen molar-refractivity contribution in [3.63, 3.8) is 0 Å². The molecule has 0 aliphatic carbocycles. The molecule has 0 unspecified atom stereocenters. The molecule has 6 nitrogen and oxygen atoms in total. The maximum absolute atomic E-state index is 4.51. The molecule has 1 fully saturated rings. The fraction of sp³-hybridized carbons (Fsp3) is 0.389. The Balaban J connectivity index is 1.39. The van der Waals surface area contributed by atoms with Crippen LogP contribution in [0.2, 0.25) is 0 Å². The van der Waals surface area contributed by atoms with Crippen molar-refractivity contribution in [2.45, 2.75) is 6.42 Å². The van der Waals surface area contributed by atoms with E-state index >= 15 is 0 Å². The molecule has 1 aliphatic heterocycles. The zero-order valence-electron chi connectivity index (χ0n) is 14.0. The number of aryl methyl sites for hydroxylation is 1. The average molecular weight is 322 g/mol. The molecule has 1 aliphatic rings. The standard InChI is InChI=1S/C18H22N6/c1-22-17-16(13-21-22)18(20-14-19-17)24-11-9-23(10-12-24)8-7-15-5-3-2-4-6-15/h2-6,13-14H,7-12H2,1H3. The van der Waals surface area contributed by atoms with Gasteiger partial charge in [0, 0.05) is 39.8 Å². The van der Waals surface area contributed by atoms with Crippen molar-refractivity contribution < 1.29 is 0 Å². The van der Waals surface area contributed by atoms with Crippen molar-refractivity contribution in [1.82, 2.24) is 24.6 Å². The Morgan fingerprint density at radius 2 is 1.79 bits per heavy atom. The smallest absolute Gasteiger partial charge is 0.163 e. The largest absolute Gasteiger partial charge is 0.353 e. The maximum atomic E-state index is 4.51. The fourth-order valence-corrected chi connectivity index (χ4v) is 3.32. The number of aromatic nitrogens is 4. The number of hydrogen-bond acceptors (Lipinski definition) is 5. The SMILES string of the molecule is Cn1ncc2c(N3CCN(CCc4ccccc4)CC3)ncnc21. The van der Waals surface area contributed by atoms with Gasteiger partial charge in [-0.15, -0.1) is 0 Å². The van der Waals surface area contributed by atoms with E-state index in [-0.39, 0.29) is 0 Å². The summed E-state index contributed by atoms with van der Waals surface area (Å²) in [6, 6.07) is 10.7. The lowest BCUT2D eigenvalue weighted by molar-refractivity contribution is 0.260. The van der Waals surface area contributed by atoms with Crippen LogP contribution in [0.25, 0.3) is 11.0 Å². The van der Waals surface area contributed by atoms with E-state index in [2.05, 4.69) is 55.2 Å². The van der Waals surface area contributed by atoms with Gasteiger partial charge in [-0.1, -0.05) is 30.3 Å². The first-order chi connectivity index (χ1) is 11.8. The number of benzene rings is 1. The molecule has 2 aromatic heterocycles. The van der Waals surface area contributed by atoms with Gasteiger partial charge >= 0.3 is 0 Å². The average Bonchev–Trinajstić information content (AvgIpc) is 3.03. The molecule has 6 heteroatoms. The zero-order chi connectivity index (χ0) is 16.4. The van der Waals surface area contributed by atoms with Crippen molar-refractivity contribution in [3.8, 4) is 0 Å². The summed E-state index contributed by atoms with van der Waals surface area (Å²) in [6.45, 7) is 5.24. The summed E-state index contributed by atoms with van der Waals surface area (Å²) in [6.07, 6.45) is 4.62. The molecule has 124 valence electrons. The molecule has 3 aromatic rings. The topological polar surface area (TPSA) is 50.1 Å². The van der Waals surface area contributed by atoms with Crippen molar-refractivity contribution >= 4 is 16.9 Å². The molecule has 0 amide bonds. The van der Waals surface area contributed by atoms with Crippen LogP contribution in [0, 0.1) is 0 Å². The van der Waals surface area contributed by atoms with Gasteiger partial charge in [-0.05, 0) is 12.0 Å². The first-order valence-corrected chi connectivity index (χ1v) is 8.45. The molecular weight excluding hydrogens is 300 g/mol. The number of anilines is 1. The molecule has 0 spiro atoms. The van der Waals surface area contributed by atoms with Crippen LogP contribution in [0.4, 0.5) is 5.82 Å². The van der Waals surface area contributed by atoms with Crippen LogP contribution in [0.15, 0.2) is 42.9 Å². The highest BCUT2D eigenvalue weighted by molar-refractivity contribution is 5.86. The molecule has 4 rings (SSSR count). The first-order valence-electron chi connectivity index (χ1n) is 8.45. The van der Waals surface area contributed by atoms with E-state index in [1.165, 1.54) is 5.56 Å². The molecule has 0 radical (unpaired) electrons. The fourth-order valence-electron chi connectivity index (χ4n) is 3.32. The van der Waals surface area contributed by atoms with Gasteiger partial charge in [0.2, 0.25) is 0 Å². The number of hydrogen-bond donors (Lipinski definition) is 0. The number of rotatable bonds is 4. The second-order valence-electron chi connectivity index (χ2n) is 6.27. The van der Waals surface area contributed by atoms with E-state index in [1.807, 2.05) is 13.2 Å². The second-order valence-corrected chi connectivity index (χ2v) is 6.27. The predicted octanol–water partition coefficient (Wildman–Crippen LogP) is 1.73. The van der Waals surface area contributed by atoms with Gasteiger partial charge in [-0.3, -0.25) is 9.58 Å². The molecule has 0 saturated carbocycles. The maximum Gasteiger partial charge on any atom is 0.163 e. The molecule has 24 heavy (non-hydrogen) atoms. The highest BCUT2D eigenvalue weighted by Crippen LogP contribution is 2.23. The minimum atomic E-state index is 0.895. The van der Waals surface area contributed by atoms with E-state index in [4.69, 9.17) is 0 Å². The van der Waals surface area contributed by atoms with Gasteiger partial charge in [0.15, 0.2) is 5.65 Å². The Hall–Kier alpha value is -2.47. The lowest BCUT2D eigenvalue weighted by Gasteiger charge is -2.35. The molecular formula is C18H22N6. The van der Waals surface area contributed by atoms with Crippen molar-refractivity contribution in [2.75, 3.05) is 37.6 Å². The Morgan fingerprint density at radius 3 is 2.58 bits per heavy atom. The van der Waals surface area contributed by atoms with E-state index in [9.17, 15) is 0 Å². The quantitative estimate of drug-likeness (QED) is 0.732. The van der Waals surface area contributed by atoms with Crippen LogP contribution >= 0.6 is 0 Å². The van der Waals surface area contributed by atoms with E-state index in [0.29, 0.717) is 0 Å². The third kappa shape index (κ3) is 2.97. The van der Waals surface area contributed by atoms with Gasteiger partial charge in [0.05, 0.1) is 11.6 Å². The third-order valence-electron chi connectivity index (χ3n) is 4.74. The van der Waals surface area contributed by atoms with Gasteiger partial charge in [-0.25, -0.2) is 9.97 Å². The second kappa shape index (κ2) is 6.57. The van der Waals surface area contributed by atoms with E-state index < -0.39 is 0 Å². The highest BCUT2D eigenvalue weighted by Gasteiger charge is 2.20. The Labute approximate surface area is 141 Å². The van der Waals surface area contributed by atoms with Crippen LogP contribution in [0.1, 0.15) is 5.56 Å². The first kappa shape index (κ1) is 15.1. The Bertz CT molecular complexity index is 805. The predicted molar refractivity (Wildman–Crippen MR) is 95.1 cm³/mol. The lowest BCUT2D eigenvalue weighted by atomic mass is 10.1. The van der Waals surface area contributed by atoms with Gasteiger partial charge in [0.25, 0.3) is 0 Å². The third-order valence-corrected chi connectivity index (χ3v) is 4.74. The Kier molecular flexibility index (Phi) is 4.13. The molecule has 3 heterocycles. The molecule has 0 N–H and O–H groups in total. The molecule has 0 atom stereocenters. The number of piperazine rings is 1. The van der Waals surface area contributed by atoms with E-state index in [0.717, 1.165) is 56.0 Å². The summed E-state index contributed by atoms with van der Waals surface area (Å²) < 4.78 is 1.80. The molecule has 0 bridgehead atoms. The van der Waals surface area contributed by atoms with Crippen LogP contribution in [-0.4, -0.2) is 57.4 Å². The summed E-state index contributed by atoms with van der Waals surface area (Å²) in [4.78, 5) is 13.7. The molecule has 1 saturated heterocycles.